The molecule has 0 spiro atoms. The third-order valence-electron chi connectivity index (χ3n) is 5.88. The number of carbonyl (C=O) groups is 3. The number of carbonyl (C=O) groups excluding carboxylic acids is 2. The van der Waals surface area contributed by atoms with E-state index in [-0.39, 0.29) is 19.1 Å². The molecule has 8 nitrogen and oxygen atoms in total. The van der Waals surface area contributed by atoms with E-state index >= 15 is 0 Å². The van der Waals surface area contributed by atoms with Crippen LogP contribution in [0.4, 0.5) is 4.79 Å². The summed E-state index contributed by atoms with van der Waals surface area (Å²) in [7, 11) is 0. The Labute approximate surface area is 193 Å². The fourth-order valence-electron chi connectivity index (χ4n) is 3.97. The molecule has 2 aromatic carbocycles. The zero-order valence-electron chi connectivity index (χ0n) is 19.0. The number of amides is 2. The van der Waals surface area contributed by atoms with Gasteiger partial charge in [0.25, 0.3) is 0 Å². The molecular weight excluding hydrogens is 424 g/mol. The summed E-state index contributed by atoms with van der Waals surface area (Å²) in [6.45, 7) is 5.22. The van der Waals surface area contributed by atoms with Gasteiger partial charge in [0.15, 0.2) is 0 Å². The van der Waals surface area contributed by atoms with Crippen LogP contribution in [0.5, 0.6) is 0 Å². The second-order valence-electron chi connectivity index (χ2n) is 9.23. The van der Waals surface area contributed by atoms with Crippen molar-refractivity contribution >= 4 is 18.0 Å². The van der Waals surface area contributed by atoms with Gasteiger partial charge < -0.3 is 25.6 Å². The molecule has 8 heteroatoms. The van der Waals surface area contributed by atoms with Crippen molar-refractivity contribution in [2.24, 2.45) is 5.41 Å². The molecule has 0 fully saturated rings. The Morgan fingerprint density at radius 3 is 2.00 bits per heavy atom. The van der Waals surface area contributed by atoms with Crippen molar-refractivity contribution in [3.8, 4) is 11.1 Å². The normalized spacial score (nSPS) is 14.5. The molecule has 0 aliphatic heterocycles. The highest BCUT2D eigenvalue weighted by molar-refractivity contribution is 5.89. The van der Waals surface area contributed by atoms with E-state index in [2.05, 4.69) is 10.6 Å². The Balaban J connectivity index is 1.68. The third-order valence-corrected chi connectivity index (χ3v) is 5.88. The Kier molecular flexibility index (Phi) is 7.38. The van der Waals surface area contributed by atoms with Crippen LogP contribution in [-0.2, 0) is 14.3 Å². The van der Waals surface area contributed by atoms with Crippen LogP contribution < -0.4 is 10.6 Å². The predicted octanol–water partition coefficient (Wildman–Crippen LogP) is 2.89. The number of alkyl carbamates (subject to hydrolysis) is 1. The maximum Gasteiger partial charge on any atom is 0.407 e. The highest BCUT2D eigenvalue weighted by atomic mass is 16.5. The molecule has 176 valence electrons. The highest BCUT2D eigenvalue weighted by Gasteiger charge is 2.32. The van der Waals surface area contributed by atoms with Crippen molar-refractivity contribution in [2.45, 2.75) is 45.2 Å². The largest absolute Gasteiger partial charge is 0.481 e. The number of aliphatic hydroxyl groups excluding tert-OH is 1. The number of carboxylic acid groups (broad SMARTS) is 1. The molecular formula is C25H30N2O6. The van der Waals surface area contributed by atoms with Crippen LogP contribution in [0.25, 0.3) is 11.1 Å². The lowest BCUT2D eigenvalue weighted by Crippen LogP contribution is -2.54. The van der Waals surface area contributed by atoms with Gasteiger partial charge in [-0.15, -0.1) is 0 Å². The van der Waals surface area contributed by atoms with Crippen molar-refractivity contribution < 1.29 is 29.3 Å². The van der Waals surface area contributed by atoms with Gasteiger partial charge in [0.2, 0.25) is 5.91 Å². The summed E-state index contributed by atoms with van der Waals surface area (Å²) in [5.41, 5.74) is 3.80. The van der Waals surface area contributed by atoms with Crippen molar-refractivity contribution in [2.75, 3.05) is 13.2 Å². The van der Waals surface area contributed by atoms with E-state index < -0.39 is 41.9 Å². The first-order chi connectivity index (χ1) is 15.6. The van der Waals surface area contributed by atoms with Crippen LogP contribution in [-0.4, -0.2) is 53.5 Å². The van der Waals surface area contributed by atoms with E-state index in [4.69, 9.17) is 4.74 Å². The van der Waals surface area contributed by atoms with Crippen molar-refractivity contribution in [1.29, 1.82) is 0 Å². The van der Waals surface area contributed by atoms with Crippen LogP contribution in [0.3, 0.4) is 0 Å². The van der Waals surface area contributed by atoms with E-state index in [0.29, 0.717) is 0 Å². The van der Waals surface area contributed by atoms with Gasteiger partial charge >= 0.3 is 12.1 Å². The fourth-order valence-corrected chi connectivity index (χ4v) is 3.97. The smallest absolute Gasteiger partial charge is 0.407 e. The first-order valence-electron chi connectivity index (χ1n) is 10.9. The molecule has 1 aliphatic carbocycles. The van der Waals surface area contributed by atoms with Gasteiger partial charge in [0.05, 0.1) is 19.1 Å². The second-order valence-corrected chi connectivity index (χ2v) is 9.23. The molecule has 3 rings (SSSR count). The number of nitrogens with one attached hydrogen (secondary N) is 2. The first-order valence-corrected chi connectivity index (χ1v) is 10.9. The molecule has 2 aromatic rings. The summed E-state index contributed by atoms with van der Waals surface area (Å²) in [4.78, 5) is 36.4. The van der Waals surface area contributed by atoms with E-state index in [1.807, 2.05) is 69.3 Å². The molecule has 0 heterocycles. The molecule has 2 amide bonds. The molecule has 0 saturated carbocycles. The Bertz CT molecular complexity index is 984. The van der Waals surface area contributed by atoms with Crippen molar-refractivity contribution in [3.05, 3.63) is 59.7 Å². The molecule has 2 atom stereocenters. The molecule has 1 aliphatic rings. The van der Waals surface area contributed by atoms with E-state index in [9.17, 15) is 24.6 Å². The number of rotatable bonds is 8. The number of fused-ring (bicyclic) bond motifs is 3. The molecule has 0 bridgehead atoms. The monoisotopic (exact) mass is 454 g/mol. The van der Waals surface area contributed by atoms with Gasteiger partial charge in [-0.05, 0) is 27.7 Å². The first kappa shape index (κ1) is 24.3. The zero-order chi connectivity index (χ0) is 24.2. The average molecular weight is 455 g/mol. The van der Waals surface area contributed by atoms with Gasteiger partial charge in [-0.2, -0.15) is 0 Å². The Morgan fingerprint density at radius 2 is 1.52 bits per heavy atom. The number of aliphatic hydroxyl groups is 1. The number of aliphatic carboxylic acids is 1. The molecule has 0 aromatic heterocycles. The summed E-state index contributed by atoms with van der Waals surface area (Å²) < 4.78 is 5.43. The van der Waals surface area contributed by atoms with Gasteiger partial charge in [-0.1, -0.05) is 69.3 Å². The maximum absolute atomic E-state index is 12.7. The number of hydrogen-bond donors (Lipinski definition) is 4. The average Bonchev–Trinajstić information content (AvgIpc) is 3.08. The Morgan fingerprint density at radius 1 is 0.970 bits per heavy atom. The van der Waals surface area contributed by atoms with E-state index in [1.165, 1.54) is 0 Å². The third kappa shape index (κ3) is 5.70. The summed E-state index contributed by atoms with van der Waals surface area (Å²) in [5.74, 6) is -2.10. The minimum atomic E-state index is -1.34. The number of hydrogen-bond acceptors (Lipinski definition) is 5. The molecule has 33 heavy (non-hydrogen) atoms. The maximum atomic E-state index is 12.7. The van der Waals surface area contributed by atoms with Gasteiger partial charge in [-0.25, -0.2) is 4.79 Å². The van der Waals surface area contributed by atoms with Gasteiger partial charge in [-0.3, -0.25) is 9.59 Å². The molecule has 4 N–H and O–H groups in total. The SMILES string of the molecule is CC(C)(C)C(CO)NC(=O)C(CC(=O)O)NC(=O)OCC1c2ccccc2-c2ccccc21. The number of carboxylic acids is 1. The quantitative estimate of drug-likeness (QED) is 0.486. The summed E-state index contributed by atoms with van der Waals surface area (Å²) >= 11 is 0. The van der Waals surface area contributed by atoms with Crippen LogP contribution in [0.1, 0.15) is 44.2 Å². The lowest BCUT2D eigenvalue weighted by atomic mass is 9.87. The number of benzene rings is 2. The fraction of sp³-hybridized carbons (Fsp3) is 0.400. The number of ether oxygens (including phenoxy) is 1. The Hall–Kier alpha value is -3.39. The summed E-state index contributed by atoms with van der Waals surface area (Å²) in [6, 6.07) is 13.8. The predicted molar refractivity (Wildman–Crippen MR) is 123 cm³/mol. The van der Waals surface area contributed by atoms with Crippen LogP contribution >= 0.6 is 0 Å². The zero-order valence-corrected chi connectivity index (χ0v) is 19.0. The van der Waals surface area contributed by atoms with Gasteiger partial charge in [0.1, 0.15) is 12.6 Å². The minimum Gasteiger partial charge on any atom is -0.481 e. The van der Waals surface area contributed by atoms with Crippen molar-refractivity contribution in [1.82, 2.24) is 10.6 Å². The minimum absolute atomic E-state index is 0.0442. The van der Waals surface area contributed by atoms with E-state index in [1.54, 1.807) is 0 Å². The highest BCUT2D eigenvalue weighted by Crippen LogP contribution is 2.44. The molecule has 0 radical (unpaired) electrons. The lowest BCUT2D eigenvalue weighted by Gasteiger charge is -2.31. The summed E-state index contributed by atoms with van der Waals surface area (Å²) in [6.07, 6.45) is -1.49. The topological polar surface area (TPSA) is 125 Å². The summed E-state index contributed by atoms with van der Waals surface area (Å²) in [5, 5.41) is 23.8. The lowest BCUT2D eigenvalue weighted by molar-refractivity contribution is -0.140. The van der Waals surface area contributed by atoms with Crippen LogP contribution in [0.2, 0.25) is 0 Å². The van der Waals surface area contributed by atoms with E-state index in [0.717, 1.165) is 22.3 Å². The second kappa shape index (κ2) is 10.0. The van der Waals surface area contributed by atoms with Crippen LogP contribution in [0, 0.1) is 5.41 Å². The molecule has 0 saturated heterocycles. The van der Waals surface area contributed by atoms with Gasteiger partial charge in [0, 0.05) is 5.92 Å². The standard InChI is InChI=1S/C25H30N2O6/c1-25(2,3)21(13-28)27-23(31)20(12-22(29)30)26-24(32)33-14-19-17-10-6-4-8-15(17)16-9-5-7-11-18(16)19/h4-11,19-21,28H,12-14H2,1-3H3,(H,26,32)(H,27,31)(H,29,30). The van der Waals surface area contributed by atoms with Crippen molar-refractivity contribution in [3.63, 3.8) is 0 Å². The molecule has 2 unspecified atom stereocenters. The van der Waals surface area contributed by atoms with Crippen LogP contribution in [0.15, 0.2) is 48.5 Å².